The number of para-hydroxylation sites is 1. The van der Waals surface area contributed by atoms with Crippen molar-refractivity contribution in [2.45, 2.75) is 32.9 Å². The number of imidazole rings is 1. The van der Waals surface area contributed by atoms with Gasteiger partial charge in [-0.15, -0.1) is 0 Å². The van der Waals surface area contributed by atoms with E-state index in [4.69, 9.17) is 4.74 Å². The second-order valence-corrected chi connectivity index (χ2v) is 6.63. The number of aromatic nitrogens is 4. The Morgan fingerprint density at radius 2 is 2.07 bits per heavy atom. The number of hydrogen-bond donors (Lipinski definition) is 3. The molecule has 0 saturated heterocycles. The second kappa shape index (κ2) is 8.74. The number of anilines is 1. The highest BCUT2D eigenvalue weighted by atomic mass is 16.5. The Kier molecular flexibility index (Phi) is 6.13. The lowest BCUT2D eigenvalue weighted by atomic mass is 10.3. The first-order valence-corrected chi connectivity index (χ1v) is 9.25. The molecule has 0 spiro atoms. The molecule has 2 aromatic heterocycles. The highest BCUT2D eigenvalue weighted by Gasteiger charge is 2.20. The molecular weight excluding hydrogens is 376 g/mol. The van der Waals surface area contributed by atoms with E-state index >= 15 is 0 Å². The zero-order valence-corrected chi connectivity index (χ0v) is 16.5. The first-order valence-electron chi connectivity index (χ1n) is 9.25. The number of rotatable bonds is 8. The van der Waals surface area contributed by atoms with Gasteiger partial charge in [-0.1, -0.05) is 25.1 Å². The van der Waals surface area contributed by atoms with Crippen molar-refractivity contribution in [1.82, 2.24) is 19.1 Å². The molecule has 0 fully saturated rings. The van der Waals surface area contributed by atoms with Crippen LogP contribution in [-0.4, -0.2) is 42.6 Å². The molecule has 3 aromatic rings. The van der Waals surface area contributed by atoms with E-state index in [2.05, 4.69) is 20.5 Å². The van der Waals surface area contributed by atoms with Crippen molar-refractivity contribution >= 4 is 22.8 Å². The molecule has 0 saturated carbocycles. The number of nitrogens with one attached hydrogen (secondary N) is 2. The van der Waals surface area contributed by atoms with Crippen LogP contribution in [0.25, 0.3) is 11.2 Å². The van der Waals surface area contributed by atoms with Gasteiger partial charge < -0.3 is 14.4 Å². The molecule has 10 nitrogen and oxygen atoms in total. The molecule has 0 aliphatic rings. The van der Waals surface area contributed by atoms with Crippen LogP contribution in [0.2, 0.25) is 0 Å². The van der Waals surface area contributed by atoms with Gasteiger partial charge in [-0.2, -0.15) is 10.1 Å². The number of fused-ring (bicyclic) bond motifs is 1. The maximum atomic E-state index is 12.4. The van der Waals surface area contributed by atoms with Crippen molar-refractivity contribution in [2.24, 2.45) is 12.1 Å². The van der Waals surface area contributed by atoms with Gasteiger partial charge in [-0.05, 0) is 25.5 Å². The fourth-order valence-corrected chi connectivity index (χ4v) is 2.69. The van der Waals surface area contributed by atoms with Crippen LogP contribution in [0, 0.1) is 0 Å². The van der Waals surface area contributed by atoms with E-state index in [0.717, 1.165) is 12.1 Å². The number of benzene rings is 1. The van der Waals surface area contributed by atoms with Crippen LogP contribution in [-0.2, 0) is 13.6 Å². The van der Waals surface area contributed by atoms with Crippen molar-refractivity contribution < 1.29 is 9.84 Å². The molecule has 3 rings (SSSR count). The predicted octanol–water partition coefficient (Wildman–Crippen LogP) is 1.06. The lowest BCUT2D eigenvalue weighted by Crippen LogP contribution is -2.30. The van der Waals surface area contributed by atoms with Crippen LogP contribution in [0.1, 0.15) is 20.3 Å². The van der Waals surface area contributed by atoms with E-state index in [1.165, 1.54) is 16.2 Å². The number of hydrogen-bond acceptors (Lipinski definition) is 7. The lowest BCUT2D eigenvalue weighted by molar-refractivity contribution is 0.0938. The summed E-state index contributed by atoms with van der Waals surface area (Å²) in [6.07, 6.45) is -0.194. The molecule has 2 heterocycles. The van der Waals surface area contributed by atoms with Crippen LogP contribution >= 0.6 is 0 Å². The van der Waals surface area contributed by atoms with Gasteiger partial charge in [0, 0.05) is 12.8 Å². The number of hydrazone groups is 1. The zero-order chi connectivity index (χ0) is 21.0. The van der Waals surface area contributed by atoms with Crippen LogP contribution in [0.4, 0.5) is 5.95 Å². The van der Waals surface area contributed by atoms with Gasteiger partial charge in [0.25, 0.3) is 5.56 Å². The Morgan fingerprint density at radius 3 is 2.76 bits per heavy atom. The summed E-state index contributed by atoms with van der Waals surface area (Å²) in [5, 5.41) is 14.7. The van der Waals surface area contributed by atoms with Gasteiger partial charge in [-0.3, -0.25) is 14.3 Å². The number of aryl methyl sites for hydroxylation is 1. The monoisotopic (exact) mass is 400 g/mol. The van der Waals surface area contributed by atoms with Crippen LogP contribution in [0.5, 0.6) is 5.75 Å². The molecule has 0 bridgehead atoms. The van der Waals surface area contributed by atoms with Crippen molar-refractivity contribution in [3.63, 3.8) is 0 Å². The predicted molar refractivity (Wildman–Crippen MR) is 111 cm³/mol. The summed E-state index contributed by atoms with van der Waals surface area (Å²) >= 11 is 0. The van der Waals surface area contributed by atoms with E-state index < -0.39 is 17.4 Å². The zero-order valence-electron chi connectivity index (χ0n) is 16.5. The third-order valence-corrected chi connectivity index (χ3v) is 4.44. The molecule has 1 aromatic carbocycles. The minimum atomic E-state index is -0.930. The van der Waals surface area contributed by atoms with Crippen molar-refractivity contribution in [3.05, 3.63) is 51.2 Å². The van der Waals surface area contributed by atoms with Crippen molar-refractivity contribution in [2.75, 3.05) is 12.0 Å². The van der Waals surface area contributed by atoms with Gasteiger partial charge in [0.1, 0.15) is 18.5 Å². The number of aliphatic hydroxyl groups is 1. The number of aliphatic hydroxyl groups excluding tert-OH is 1. The smallest absolute Gasteiger partial charge is 0.329 e. The van der Waals surface area contributed by atoms with Gasteiger partial charge in [0.15, 0.2) is 11.2 Å². The number of ether oxygens (including phenoxy) is 1. The number of aromatic amines is 1. The highest BCUT2D eigenvalue weighted by Crippen LogP contribution is 2.17. The average Bonchev–Trinajstić information content (AvgIpc) is 3.08. The van der Waals surface area contributed by atoms with Gasteiger partial charge >= 0.3 is 5.69 Å². The summed E-state index contributed by atoms with van der Waals surface area (Å²) in [5.41, 5.74) is 2.86. The fraction of sp³-hybridized carbons (Fsp3) is 0.368. The first kappa shape index (κ1) is 20.3. The Morgan fingerprint density at radius 1 is 1.34 bits per heavy atom. The quantitative estimate of drug-likeness (QED) is 0.383. The van der Waals surface area contributed by atoms with Crippen LogP contribution in [0.15, 0.2) is 45.0 Å². The Labute approximate surface area is 166 Å². The van der Waals surface area contributed by atoms with E-state index in [1.807, 2.05) is 32.0 Å². The SMILES string of the molecule is CC/C(C)=N\Nc1nc2c(c(=O)[nH]c(=O)n2C)n1C[C@@H](O)COc1ccccc1. The molecule has 0 radical (unpaired) electrons. The topological polar surface area (TPSA) is 127 Å². The van der Waals surface area contributed by atoms with Gasteiger partial charge in [0.2, 0.25) is 5.95 Å². The summed E-state index contributed by atoms with van der Waals surface area (Å²) in [6.45, 7) is 3.85. The summed E-state index contributed by atoms with van der Waals surface area (Å²) in [4.78, 5) is 30.9. The summed E-state index contributed by atoms with van der Waals surface area (Å²) < 4.78 is 8.32. The van der Waals surface area contributed by atoms with E-state index in [9.17, 15) is 14.7 Å². The maximum Gasteiger partial charge on any atom is 0.329 e. The van der Waals surface area contributed by atoms with Gasteiger partial charge in [-0.25, -0.2) is 10.2 Å². The molecule has 3 N–H and O–H groups in total. The minimum absolute atomic E-state index is 0.0179. The summed E-state index contributed by atoms with van der Waals surface area (Å²) in [7, 11) is 1.51. The molecule has 1 atom stereocenters. The summed E-state index contributed by atoms with van der Waals surface area (Å²) in [6, 6.07) is 9.11. The molecule has 10 heteroatoms. The number of nitrogens with zero attached hydrogens (tertiary/aromatic N) is 4. The van der Waals surface area contributed by atoms with E-state index in [1.54, 1.807) is 12.1 Å². The largest absolute Gasteiger partial charge is 0.491 e. The third-order valence-electron chi connectivity index (χ3n) is 4.44. The van der Waals surface area contributed by atoms with Crippen molar-refractivity contribution in [1.29, 1.82) is 0 Å². The Balaban J connectivity index is 1.94. The molecule has 0 amide bonds. The number of H-pyrrole nitrogens is 1. The normalized spacial score (nSPS) is 12.9. The minimum Gasteiger partial charge on any atom is -0.491 e. The fourth-order valence-electron chi connectivity index (χ4n) is 2.69. The third kappa shape index (κ3) is 4.54. The standard InChI is InChI=1S/C19H24N6O4/c1-4-12(2)22-23-18-20-16-15(17(27)21-19(28)24(16)3)25(18)10-13(26)11-29-14-8-6-5-7-9-14/h5-9,13,26H,4,10-11H2,1-3H3,(H,20,23)(H,21,27,28)/b22-12-/t13-/m1/s1. The van der Waals surface area contributed by atoms with Crippen molar-refractivity contribution in [3.8, 4) is 5.75 Å². The van der Waals surface area contributed by atoms with Crippen LogP contribution < -0.4 is 21.4 Å². The molecular formula is C19H24N6O4. The maximum absolute atomic E-state index is 12.4. The highest BCUT2D eigenvalue weighted by molar-refractivity contribution is 5.82. The van der Waals surface area contributed by atoms with Gasteiger partial charge in [0.05, 0.1) is 6.54 Å². The average molecular weight is 400 g/mol. The lowest BCUT2D eigenvalue weighted by Gasteiger charge is -2.15. The Hall–Kier alpha value is -3.40. The molecule has 0 aliphatic heterocycles. The van der Waals surface area contributed by atoms with E-state index in [0.29, 0.717) is 5.75 Å². The second-order valence-electron chi connectivity index (χ2n) is 6.63. The summed E-state index contributed by atoms with van der Waals surface area (Å²) in [5.74, 6) is 0.877. The Bertz CT molecular complexity index is 1130. The molecule has 29 heavy (non-hydrogen) atoms. The molecule has 154 valence electrons. The molecule has 0 aliphatic carbocycles. The first-order chi connectivity index (χ1) is 13.9. The van der Waals surface area contributed by atoms with Crippen LogP contribution in [0.3, 0.4) is 0 Å². The molecule has 0 unspecified atom stereocenters. The van der Waals surface area contributed by atoms with E-state index in [-0.39, 0.29) is 30.3 Å².